The summed E-state index contributed by atoms with van der Waals surface area (Å²) < 4.78 is 53.3. The average molecular weight is 242 g/mol. The zero-order valence-corrected chi connectivity index (χ0v) is 8.09. The van der Waals surface area contributed by atoms with Gasteiger partial charge in [-0.05, 0) is 0 Å². The molecule has 0 saturated carbocycles. The highest BCUT2D eigenvalue weighted by Gasteiger charge is 2.40. The summed E-state index contributed by atoms with van der Waals surface area (Å²) in [5.74, 6) is -3.98. The Morgan fingerprint density at radius 1 is 1.38 bits per heavy atom. The number of alkyl halides is 4. The molecule has 0 aliphatic rings. The Morgan fingerprint density at radius 3 is 2.62 bits per heavy atom. The lowest BCUT2D eigenvalue weighted by Crippen LogP contribution is -2.34. The molecule has 1 rings (SSSR count). The van der Waals surface area contributed by atoms with E-state index >= 15 is 0 Å². The van der Waals surface area contributed by atoms with E-state index in [0.29, 0.717) is 6.42 Å². The minimum atomic E-state index is -4.14. The minimum Gasteiger partial charge on any atom is -0.408 e. The van der Waals surface area contributed by atoms with E-state index in [0.717, 1.165) is 0 Å². The van der Waals surface area contributed by atoms with Crippen LogP contribution in [0, 0.1) is 0 Å². The predicted molar refractivity (Wildman–Crippen MR) is 46.5 cm³/mol. The molecular formula is C7H10F4N4O. The molecule has 1 aromatic rings. The van der Waals surface area contributed by atoms with Crippen LogP contribution in [0.15, 0.2) is 4.42 Å². The third-order valence-electron chi connectivity index (χ3n) is 1.62. The van der Waals surface area contributed by atoms with Crippen molar-refractivity contribution in [3.63, 3.8) is 0 Å². The number of aromatic nitrogens is 2. The molecule has 0 aliphatic carbocycles. The second kappa shape index (κ2) is 5.10. The molecule has 3 N–H and O–H groups in total. The number of hydrogen-bond acceptors (Lipinski definition) is 5. The quantitative estimate of drug-likeness (QED) is 0.724. The first kappa shape index (κ1) is 12.7. The first-order valence-corrected chi connectivity index (χ1v) is 4.38. The normalized spacial score (nSPS) is 12.1. The van der Waals surface area contributed by atoms with Crippen LogP contribution in [-0.4, -0.2) is 35.6 Å². The number of nitrogens with two attached hydrogens (primary N) is 1. The lowest BCUT2D eigenvalue weighted by molar-refractivity contribution is -0.117. The Hall–Kier alpha value is -1.38. The maximum atomic E-state index is 12.5. The van der Waals surface area contributed by atoms with Crippen molar-refractivity contribution < 1.29 is 22.0 Å². The third-order valence-corrected chi connectivity index (χ3v) is 1.62. The molecule has 1 heterocycles. The number of nitrogens with one attached hydrogen (secondary N) is 1. The van der Waals surface area contributed by atoms with Crippen molar-refractivity contribution in [2.75, 3.05) is 18.4 Å². The van der Waals surface area contributed by atoms with Crippen molar-refractivity contribution in [2.45, 2.75) is 18.8 Å². The standard InChI is InChI=1S/C7H10F4N4O/c8-5(9)7(10,11)3-13-6-15-14-4(16-6)1-2-12/h5H,1-3,12H2,(H,13,15). The number of nitrogens with zero attached hydrogens (tertiary/aromatic N) is 2. The second-order valence-electron chi connectivity index (χ2n) is 2.95. The van der Waals surface area contributed by atoms with Gasteiger partial charge in [0.05, 0.1) is 6.54 Å². The topological polar surface area (TPSA) is 77.0 Å². The maximum absolute atomic E-state index is 12.5. The third kappa shape index (κ3) is 3.33. The highest BCUT2D eigenvalue weighted by Crippen LogP contribution is 2.22. The smallest absolute Gasteiger partial charge is 0.324 e. The lowest BCUT2D eigenvalue weighted by Gasteiger charge is -2.14. The number of hydrogen-bond donors (Lipinski definition) is 2. The largest absolute Gasteiger partial charge is 0.408 e. The summed E-state index contributed by atoms with van der Waals surface area (Å²) in [7, 11) is 0. The molecule has 16 heavy (non-hydrogen) atoms. The van der Waals surface area contributed by atoms with Crippen LogP contribution in [-0.2, 0) is 6.42 Å². The van der Waals surface area contributed by atoms with Gasteiger partial charge in [-0.25, -0.2) is 8.78 Å². The molecule has 0 radical (unpaired) electrons. The van der Waals surface area contributed by atoms with Crippen molar-refractivity contribution in [2.24, 2.45) is 5.73 Å². The van der Waals surface area contributed by atoms with Gasteiger partial charge >= 0.3 is 18.4 Å². The highest BCUT2D eigenvalue weighted by atomic mass is 19.3. The van der Waals surface area contributed by atoms with Gasteiger partial charge in [0.1, 0.15) is 0 Å². The molecule has 0 bridgehead atoms. The Labute approximate surface area is 88.0 Å². The summed E-state index contributed by atoms with van der Waals surface area (Å²) in [6.07, 6.45) is -3.45. The Bertz CT molecular complexity index is 330. The van der Waals surface area contributed by atoms with Crippen molar-refractivity contribution in [3.05, 3.63) is 5.89 Å². The predicted octanol–water partition coefficient (Wildman–Crippen LogP) is 0.883. The van der Waals surface area contributed by atoms with Crippen LogP contribution in [0.1, 0.15) is 5.89 Å². The highest BCUT2D eigenvalue weighted by molar-refractivity contribution is 5.17. The van der Waals surface area contributed by atoms with Gasteiger partial charge in [0.15, 0.2) is 0 Å². The van der Waals surface area contributed by atoms with E-state index in [2.05, 4.69) is 10.2 Å². The van der Waals surface area contributed by atoms with Crippen LogP contribution in [0.25, 0.3) is 0 Å². The molecule has 0 unspecified atom stereocenters. The molecule has 0 aromatic carbocycles. The van der Waals surface area contributed by atoms with Crippen molar-refractivity contribution in [3.8, 4) is 0 Å². The molecule has 0 saturated heterocycles. The van der Waals surface area contributed by atoms with E-state index in [4.69, 9.17) is 10.2 Å². The fourth-order valence-electron chi connectivity index (χ4n) is 0.820. The van der Waals surface area contributed by atoms with Crippen molar-refractivity contribution in [1.82, 2.24) is 10.2 Å². The van der Waals surface area contributed by atoms with Gasteiger partial charge in [-0.2, -0.15) is 8.78 Å². The number of anilines is 1. The molecule has 92 valence electrons. The SMILES string of the molecule is NCCc1nnc(NCC(F)(F)C(F)F)o1. The van der Waals surface area contributed by atoms with Gasteiger partial charge < -0.3 is 15.5 Å². The second-order valence-corrected chi connectivity index (χ2v) is 2.95. The Balaban J connectivity index is 2.48. The van der Waals surface area contributed by atoms with E-state index in [-0.39, 0.29) is 18.5 Å². The van der Waals surface area contributed by atoms with Crippen LogP contribution in [0.2, 0.25) is 0 Å². The fraction of sp³-hybridized carbons (Fsp3) is 0.714. The summed E-state index contributed by atoms with van der Waals surface area (Å²) in [5.41, 5.74) is 5.19. The van der Waals surface area contributed by atoms with Crippen LogP contribution in [0.3, 0.4) is 0 Å². The summed E-state index contributed by atoms with van der Waals surface area (Å²) in [5, 5.41) is 8.73. The zero-order valence-electron chi connectivity index (χ0n) is 8.09. The van der Waals surface area contributed by atoms with E-state index in [1.165, 1.54) is 0 Å². The van der Waals surface area contributed by atoms with E-state index in [9.17, 15) is 17.6 Å². The Morgan fingerprint density at radius 2 is 2.06 bits per heavy atom. The van der Waals surface area contributed by atoms with Crippen LogP contribution >= 0.6 is 0 Å². The van der Waals surface area contributed by atoms with Crippen LogP contribution in [0.4, 0.5) is 23.6 Å². The molecule has 9 heteroatoms. The molecule has 0 spiro atoms. The van der Waals surface area contributed by atoms with Crippen LogP contribution in [0.5, 0.6) is 0 Å². The summed E-state index contributed by atoms with van der Waals surface area (Å²) in [6, 6.07) is -0.330. The summed E-state index contributed by atoms with van der Waals surface area (Å²) >= 11 is 0. The number of halogens is 4. The zero-order chi connectivity index (χ0) is 12.2. The molecule has 0 amide bonds. The molecular weight excluding hydrogens is 232 g/mol. The monoisotopic (exact) mass is 242 g/mol. The van der Waals surface area contributed by atoms with Gasteiger partial charge in [-0.3, -0.25) is 0 Å². The van der Waals surface area contributed by atoms with E-state index in [1.54, 1.807) is 0 Å². The van der Waals surface area contributed by atoms with Crippen molar-refractivity contribution >= 4 is 6.01 Å². The van der Waals surface area contributed by atoms with Gasteiger partial charge in [0.2, 0.25) is 5.89 Å². The molecule has 0 aliphatic heterocycles. The van der Waals surface area contributed by atoms with Gasteiger partial charge in [-0.15, -0.1) is 5.10 Å². The van der Waals surface area contributed by atoms with Crippen molar-refractivity contribution in [1.29, 1.82) is 0 Å². The van der Waals surface area contributed by atoms with Gasteiger partial charge in [0, 0.05) is 13.0 Å². The fourth-order valence-corrected chi connectivity index (χ4v) is 0.820. The molecule has 5 nitrogen and oxygen atoms in total. The first-order valence-electron chi connectivity index (χ1n) is 4.38. The molecule has 0 atom stereocenters. The summed E-state index contributed by atoms with van der Waals surface area (Å²) in [4.78, 5) is 0. The minimum absolute atomic E-state index is 0.158. The lowest BCUT2D eigenvalue weighted by atomic mass is 10.3. The van der Waals surface area contributed by atoms with E-state index < -0.39 is 18.9 Å². The Kier molecular flexibility index (Phi) is 4.05. The average Bonchev–Trinajstić information content (AvgIpc) is 2.63. The van der Waals surface area contributed by atoms with E-state index in [1.807, 2.05) is 5.32 Å². The van der Waals surface area contributed by atoms with Gasteiger partial charge in [-0.1, -0.05) is 5.10 Å². The van der Waals surface area contributed by atoms with Crippen LogP contribution < -0.4 is 11.1 Å². The first-order chi connectivity index (χ1) is 7.45. The molecule has 0 fully saturated rings. The van der Waals surface area contributed by atoms with Gasteiger partial charge in [0.25, 0.3) is 0 Å². The maximum Gasteiger partial charge on any atom is 0.324 e. The summed E-state index contributed by atoms with van der Waals surface area (Å²) in [6.45, 7) is -1.01. The number of rotatable bonds is 6. The molecule has 1 aromatic heterocycles.